The van der Waals surface area contributed by atoms with Crippen molar-refractivity contribution in [3.05, 3.63) is 66.2 Å². The first-order valence-corrected chi connectivity index (χ1v) is 10.5. The summed E-state index contributed by atoms with van der Waals surface area (Å²) in [5.41, 5.74) is 1.47. The van der Waals surface area contributed by atoms with Crippen LogP contribution in [-0.2, 0) is 25.7 Å². The highest BCUT2D eigenvalue weighted by atomic mass is 16.5. The second kappa shape index (κ2) is 13.6. The van der Waals surface area contributed by atoms with E-state index in [9.17, 15) is 19.2 Å². The van der Waals surface area contributed by atoms with E-state index in [1.165, 1.54) is 6.92 Å². The van der Waals surface area contributed by atoms with Gasteiger partial charge in [0.05, 0.1) is 6.42 Å². The Labute approximate surface area is 187 Å². The van der Waals surface area contributed by atoms with Crippen LogP contribution in [0.2, 0.25) is 0 Å². The number of nitrogens with one attached hydrogen (secondary N) is 3. The number of benzene rings is 2. The molecule has 2 rings (SSSR count). The zero-order valence-corrected chi connectivity index (χ0v) is 18.1. The summed E-state index contributed by atoms with van der Waals surface area (Å²) in [6.07, 6.45) is 0.710. The summed E-state index contributed by atoms with van der Waals surface area (Å²) >= 11 is 0. The van der Waals surface area contributed by atoms with Crippen molar-refractivity contribution in [2.75, 3.05) is 11.9 Å². The number of amides is 3. The van der Waals surface area contributed by atoms with Crippen LogP contribution in [0.25, 0.3) is 0 Å². The summed E-state index contributed by atoms with van der Waals surface area (Å²) in [5, 5.41) is 8.08. The van der Waals surface area contributed by atoms with Gasteiger partial charge in [0.15, 0.2) is 0 Å². The Kier molecular flexibility index (Phi) is 10.4. The highest BCUT2D eigenvalue weighted by Crippen LogP contribution is 2.09. The van der Waals surface area contributed by atoms with Gasteiger partial charge >= 0.3 is 6.09 Å². The second-order valence-electron chi connectivity index (χ2n) is 7.34. The Balaban J connectivity index is 1.85. The van der Waals surface area contributed by atoms with Gasteiger partial charge in [0.2, 0.25) is 11.8 Å². The summed E-state index contributed by atoms with van der Waals surface area (Å²) < 4.78 is 5.24. The van der Waals surface area contributed by atoms with Crippen LogP contribution in [0.5, 0.6) is 0 Å². The molecule has 32 heavy (non-hydrogen) atoms. The van der Waals surface area contributed by atoms with E-state index < -0.39 is 12.1 Å². The molecule has 3 amide bonds. The molecule has 0 aliphatic carbocycles. The Hall–Kier alpha value is -3.68. The first-order valence-electron chi connectivity index (χ1n) is 10.5. The summed E-state index contributed by atoms with van der Waals surface area (Å²) in [6.45, 7) is 1.84. The Bertz CT molecular complexity index is 887. The first-order chi connectivity index (χ1) is 15.4. The van der Waals surface area contributed by atoms with Crippen molar-refractivity contribution < 1.29 is 23.9 Å². The minimum Gasteiger partial charge on any atom is -0.445 e. The van der Waals surface area contributed by atoms with Gasteiger partial charge in [0, 0.05) is 12.2 Å². The molecule has 2 aromatic carbocycles. The van der Waals surface area contributed by atoms with Gasteiger partial charge in [-0.2, -0.15) is 0 Å². The molecule has 0 unspecified atom stereocenters. The maximum absolute atomic E-state index is 12.7. The third kappa shape index (κ3) is 9.88. The molecular formula is C24H29N3O5. The largest absolute Gasteiger partial charge is 0.445 e. The van der Waals surface area contributed by atoms with Crippen molar-refractivity contribution in [3.63, 3.8) is 0 Å². The van der Waals surface area contributed by atoms with Crippen molar-refractivity contribution >= 4 is 29.4 Å². The Morgan fingerprint density at radius 2 is 1.56 bits per heavy atom. The quantitative estimate of drug-likeness (QED) is 0.347. The lowest BCUT2D eigenvalue weighted by Crippen LogP contribution is -2.44. The molecule has 0 aliphatic rings. The molecule has 0 fully saturated rings. The lowest BCUT2D eigenvalue weighted by atomic mass is 10.1. The molecule has 2 aromatic rings. The fraction of sp³-hybridized carbons (Fsp3) is 0.333. The van der Waals surface area contributed by atoms with Crippen LogP contribution in [0.1, 0.15) is 38.2 Å². The highest BCUT2D eigenvalue weighted by molar-refractivity contribution is 5.97. The Morgan fingerprint density at radius 1 is 0.906 bits per heavy atom. The van der Waals surface area contributed by atoms with E-state index in [2.05, 4.69) is 16.0 Å². The number of rotatable bonds is 12. The second-order valence-corrected chi connectivity index (χ2v) is 7.34. The summed E-state index contributed by atoms with van der Waals surface area (Å²) in [4.78, 5) is 47.5. The zero-order chi connectivity index (χ0) is 23.2. The molecule has 0 radical (unpaired) electrons. The lowest BCUT2D eigenvalue weighted by molar-refractivity contribution is -0.127. The molecular weight excluding hydrogens is 410 g/mol. The van der Waals surface area contributed by atoms with Crippen LogP contribution >= 0.6 is 0 Å². The topological polar surface area (TPSA) is 114 Å². The predicted molar refractivity (Wildman–Crippen MR) is 121 cm³/mol. The van der Waals surface area contributed by atoms with Crippen LogP contribution in [0.3, 0.4) is 0 Å². The van der Waals surface area contributed by atoms with Crippen LogP contribution in [0.4, 0.5) is 10.5 Å². The number of carbonyl (C=O) groups excluding carboxylic acids is 4. The number of Topliss-reactive ketones (excluding diaryl/α,β-unsaturated/α-hetero) is 1. The average molecular weight is 440 g/mol. The molecule has 3 N–H and O–H groups in total. The van der Waals surface area contributed by atoms with Crippen LogP contribution in [-0.4, -0.2) is 36.3 Å². The van der Waals surface area contributed by atoms with E-state index in [-0.39, 0.29) is 30.6 Å². The summed E-state index contributed by atoms with van der Waals surface area (Å²) in [6, 6.07) is 17.4. The van der Waals surface area contributed by atoms with E-state index in [4.69, 9.17) is 4.74 Å². The SMILES string of the molecule is CC(=O)CC(=O)NCCCC[C@H](NC(=O)OCc1ccccc1)C(=O)Nc1ccccc1. The van der Waals surface area contributed by atoms with E-state index in [0.717, 1.165) is 5.56 Å². The summed E-state index contributed by atoms with van der Waals surface area (Å²) in [5.74, 6) is -0.870. The van der Waals surface area contributed by atoms with Crippen LogP contribution in [0, 0.1) is 0 Å². The molecule has 0 saturated carbocycles. The number of ether oxygens (including phenoxy) is 1. The first kappa shape index (κ1) is 24.6. The molecule has 0 bridgehead atoms. The van der Waals surface area contributed by atoms with Gasteiger partial charge in [-0.05, 0) is 43.9 Å². The third-order valence-corrected chi connectivity index (χ3v) is 4.51. The number of unbranched alkanes of at least 4 members (excludes halogenated alkanes) is 1. The Morgan fingerprint density at radius 3 is 2.22 bits per heavy atom. The standard InChI is InChI=1S/C24H29N3O5/c1-18(28)16-22(29)25-15-9-8-14-21(23(30)26-20-12-6-3-7-13-20)27-24(31)32-17-19-10-4-2-5-11-19/h2-7,10-13,21H,8-9,14-17H2,1H3,(H,25,29)(H,26,30)(H,27,31)/t21-/m0/s1. The molecule has 0 aliphatic heterocycles. The molecule has 0 heterocycles. The number of hydrogen-bond donors (Lipinski definition) is 3. The van der Waals surface area contributed by atoms with Gasteiger partial charge in [0.25, 0.3) is 0 Å². The summed E-state index contributed by atoms with van der Waals surface area (Å²) in [7, 11) is 0. The molecule has 1 atom stereocenters. The maximum atomic E-state index is 12.7. The fourth-order valence-electron chi connectivity index (χ4n) is 2.92. The lowest BCUT2D eigenvalue weighted by Gasteiger charge is -2.18. The van der Waals surface area contributed by atoms with Crippen LogP contribution < -0.4 is 16.0 Å². The molecule has 8 nitrogen and oxygen atoms in total. The van der Waals surface area contributed by atoms with E-state index in [1.54, 1.807) is 24.3 Å². The van der Waals surface area contributed by atoms with Crippen LogP contribution in [0.15, 0.2) is 60.7 Å². The van der Waals surface area contributed by atoms with Crippen molar-refractivity contribution in [1.82, 2.24) is 10.6 Å². The minimum absolute atomic E-state index is 0.0991. The van der Waals surface area contributed by atoms with Crippen molar-refractivity contribution in [2.45, 2.75) is 45.3 Å². The number of para-hydroxylation sites is 1. The number of hydrogen-bond acceptors (Lipinski definition) is 5. The van der Waals surface area contributed by atoms with Gasteiger partial charge in [0.1, 0.15) is 18.4 Å². The number of carbonyl (C=O) groups is 4. The average Bonchev–Trinajstić information content (AvgIpc) is 2.77. The fourth-order valence-corrected chi connectivity index (χ4v) is 2.92. The van der Waals surface area contributed by atoms with Gasteiger partial charge in [-0.25, -0.2) is 4.79 Å². The van der Waals surface area contributed by atoms with E-state index in [0.29, 0.717) is 31.5 Å². The van der Waals surface area contributed by atoms with Gasteiger partial charge < -0.3 is 20.7 Å². The molecule has 170 valence electrons. The smallest absolute Gasteiger partial charge is 0.408 e. The normalized spacial score (nSPS) is 11.2. The third-order valence-electron chi connectivity index (χ3n) is 4.51. The molecule has 0 spiro atoms. The van der Waals surface area contributed by atoms with E-state index in [1.807, 2.05) is 36.4 Å². The van der Waals surface area contributed by atoms with Gasteiger partial charge in [-0.3, -0.25) is 14.4 Å². The monoisotopic (exact) mass is 439 g/mol. The van der Waals surface area contributed by atoms with Crippen molar-refractivity contribution in [1.29, 1.82) is 0 Å². The van der Waals surface area contributed by atoms with Crippen molar-refractivity contribution in [2.24, 2.45) is 0 Å². The maximum Gasteiger partial charge on any atom is 0.408 e. The molecule has 8 heteroatoms. The molecule has 0 saturated heterocycles. The number of alkyl carbamates (subject to hydrolysis) is 1. The van der Waals surface area contributed by atoms with E-state index >= 15 is 0 Å². The van der Waals surface area contributed by atoms with Gasteiger partial charge in [-0.15, -0.1) is 0 Å². The van der Waals surface area contributed by atoms with Gasteiger partial charge in [-0.1, -0.05) is 48.5 Å². The number of ketones is 1. The predicted octanol–water partition coefficient (Wildman–Crippen LogP) is 3.19. The minimum atomic E-state index is -0.800. The highest BCUT2D eigenvalue weighted by Gasteiger charge is 2.21. The van der Waals surface area contributed by atoms with Crippen molar-refractivity contribution in [3.8, 4) is 0 Å². The number of anilines is 1. The molecule has 0 aromatic heterocycles. The zero-order valence-electron chi connectivity index (χ0n) is 18.1.